The van der Waals surface area contributed by atoms with Crippen molar-refractivity contribution in [2.75, 3.05) is 13.2 Å². The van der Waals surface area contributed by atoms with E-state index in [2.05, 4.69) is 34.6 Å². The number of rotatable bonds is 57. The third-order valence-electron chi connectivity index (χ3n) is 14.5. The van der Waals surface area contributed by atoms with Crippen molar-refractivity contribution in [1.82, 2.24) is 0 Å². The van der Waals surface area contributed by atoms with Crippen LogP contribution in [0.5, 0.6) is 0 Å². The predicted octanol–water partition coefficient (Wildman–Crippen LogP) is 20.8. The smallest absolute Gasteiger partial charge is 0.306 e. The van der Waals surface area contributed by atoms with Crippen molar-refractivity contribution in [3.63, 3.8) is 0 Å². The van der Waals surface area contributed by atoms with Crippen molar-refractivity contribution in [2.45, 2.75) is 362 Å². The Kier molecular flexibility index (Phi) is 54.4. The van der Waals surface area contributed by atoms with Gasteiger partial charge < -0.3 is 14.2 Å². The van der Waals surface area contributed by atoms with E-state index in [1.54, 1.807) is 0 Å². The van der Waals surface area contributed by atoms with Crippen LogP contribution in [0.15, 0.2) is 0 Å². The van der Waals surface area contributed by atoms with Crippen molar-refractivity contribution in [2.24, 2.45) is 11.8 Å². The summed E-state index contributed by atoms with van der Waals surface area (Å²) in [5.74, 6) is 0.852. The van der Waals surface area contributed by atoms with Gasteiger partial charge in [0.2, 0.25) is 0 Å². The van der Waals surface area contributed by atoms with Gasteiger partial charge in [-0.15, -0.1) is 0 Å². The summed E-state index contributed by atoms with van der Waals surface area (Å²) < 4.78 is 16.9. The molecule has 0 aromatic heterocycles. The fourth-order valence-corrected chi connectivity index (χ4v) is 9.76. The summed E-state index contributed by atoms with van der Waals surface area (Å²) in [5.41, 5.74) is 0. The molecule has 0 saturated carbocycles. The number of ether oxygens (including phenoxy) is 3. The molecule has 0 aliphatic rings. The molecule has 1 atom stereocenters. The van der Waals surface area contributed by atoms with Gasteiger partial charge >= 0.3 is 17.9 Å². The zero-order chi connectivity index (χ0) is 50.4. The molecule has 6 nitrogen and oxygen atoms in total. The Hall–Kier alpha value is -1.59. The second-order valence-electron chi connectivity index (χ2n) is 22.6. The average molecular weight is 976 g/mol. The quantitative estimate of drug-likeness (QED) is 0.0343. The third kappa shape index (κ3) is 57.2. The van der Waals surface area contributed by atoms with Crippen LogP contribution in [-0.4, -0.2) is 37.2 Å². The molecule has 69 heavy (non-hydrogen) atoms. The van der Waals surface area contributed by atoms with Gasteiger partial charge in [-0.05, 0) is 31.1 Å². The molecular weight excluding hydrogens is 853 g/mol. The minimum Gasteiger partial charge on any atom is -0.462 e. The molecule has 0 N–H and O–H groups in total. The maximum absolute atomic E-state index is 12.9. The highest BCUT2D eigenvalue weighted by molar-refractivity contribution is 5.71. The molecule has 0 amide bonds. The van der Waals surface area contributed by atoms with Crippen molar-refractivity contribution in [3.05, 3.63) is 0 Å². The summed E-state index contributed by atoms with van der Waals surface area (Å²) in [6.07, 6.45) is 61.0. The van der Waals surface area contributed by atoms with Crippen molar-refractivity contribution in [1.29, 1.82) is 0 Å². The first-order chi connectivity index (χ1) is 33.7. The van der Waals surface area contributed by atoms with Crippen LogP contribution in [0.25, 0.3) is 0 Å². The summed E-state index contributed by atoms with van der Waals surface area (Å²) in [5, 5.41) is 0. The molecule has 0 unspecified atom stereocenters. The van der Waals surface area contributed by atoms with E-state index in [1.165, 1.54) is 244 Å². The van der Waals surface area contributed by atoms with Gasteiger partial charge in [0.15, 0.2) is 6.10 Å². The van der Waals surface area contributed by atoms with Crippen LogP contribution in [-0.2, 0) is 28.6 Å². The first-order valence-corrected chi connectivity index (χ1v) is 31.2. The fraction of sp³-hybridized carbons (Fsp3) is 0.952. The summed E-state index contributed by atoms with van der Waals surface area (Å²) in [6.45, 7) is 11.4. The Morgan fingerprint density at radius 1 is 0.275 bits per heavy atom. The molecule has 0 rings (SSSR count). The maximum atomic E-state index is 12.9. The van der Waals surface area contributed by atoms with E-state index in [1.807, 2.05) is 0 Å². The molecule has 0 aliphatic carbocycles. The maximum Gasteiger partial charge on any atom is 0.306 e. The van der Waals surface area contributed by atoms with Gasteiger partial charge in [0.1, 0.15) is 13.2 Å². The van der Waals surface area contributed by atoms with Gasteiger partial charge in [0.25, 0.3) is 0 Å². The van der Waals surface area contributed by atoms with E-state index in [0.717, 1.165) is 69.6 Å². The molecule has 0 aromatic rings. The molecule has 0 fully saturated rings. The number of hydrogen-bond donors (Lipinski definition) is 0. The monoisotopic (exact) mass is 975 g/mol. The zero-order valence-corrected chi connectivity index (χ0v) is 47.5. The topological polar surface area (TPSA) is 78.9 Å². The van der Waals surface area contributed by atoms with Gasteiger partial charge in [-0.3, -0.25) is 14.4 Å². The number of esters is 3. The Balaban J connectivity index is 4.28. The van der Waals surface area contributed by atoms with Crippen LogP contribution in [0.2, 0.25) is 0 Å². The Labute approximate surface area is 431 Å². The predicted molar refractivity (Wildman–Crippen MR) is 298 cm³/mol. The van der Waals surface area contributed by atoms with Crippen LogP contribution >= 0.6 is 0 Å². The normalized spacial score (nSPS) is 12.0. The van der Waals surface area contributed by atoms with E-state index in [4.69, 9.17) is 14.2 Å². The Morgan fingerprint density at radius 3 is 0.710 bits per heavy atom. The first-order valence-electron chi connectivity index (χ1n) is 31.2. The lowest BCUT2D eigenvalue weighted by atomic mass is 10.0. The minimum absolute atomic E-state index is 0.0621. The van der Waals surface area contributed by atoms with Crippen molar-refractivity contribution in [3.8, 4) is 0 Å². The van der Waals surface area contributed by atoms with E-state index in [0.29, 0.717) is 19.3 Å². The lowest BCUT2D eigenvalue weighted by molar-refractivity contribution is -0.167. The molecule has 0 heterocycles. The van der Waals surface area contributed by atoms with Crippen molar-refractivity contribution < 1.29 is 28.6 Å². The van der Waals surface area contributed by atoms with E-state index >= 15 is 0 Å². The third-order valence-corrected chi connectivity index (χ3v) is 14.5. The molecular formula is C63H122O6. The molecule has 0 saturated heterocycles. The largest absolute Gasteiger partial charge is 0.462 e. The molecule has 0 bridgehead atoms. The molecule has 0 aliphatic heterocycles. The second kappa shape index (κ2) is 55.7. The molecule has 6 heteroatoms. The lowest BCUT2D eigenvalue weighted by Crippen LogP contribution is -2.30. The van der Waals surface area contributed by atoms with E-state index in [-0.39, 0.29) is 31.1 Å². The van der Waals surface area contributed by atoms with Gasteiger partial charge in [0, 0.05) is 19.3 Å². The lowest BCUT2D eigenvalue weighted by Gasteiger charge is -2.18. The number of unbranched alkanes of at least 4 members (excludes halogenated alkanes) is 42. The Bertz CT molecular complexity index is 1060. The first kappa shape index (κ1) is 67.4. The van der Waals surface area contributed by atoms with E-state index in [9.17, 15) is 14.4 Å². The van der Waals surface area contributed by atoms with Gasteiger partial charge in [-0.1, -0.05) is 317 Å². The second-order valence-corrected chi connectivity index (χ2v) is 22.6. The highest BCUT2D eigenvalue weighted by Gasteiger charge is 2.19. The van der Waals surface area contributed by atoms with Gasteiger partial charge in [0.05, 0.1) is 0 Å². The molecule has 0 spiro atoms. The van der Waals surface area contributed by atoms with Gasteiger partial charge in [-0.25, -0.2) is 0 Å². The summed E-state index contributed by atoms with van der Waals surface area (Å²) in [4.78, 5) is 38.3. The highest BCUT2D eigenvalue weighted by atomic mass is 16.6. The number of carbonyl (C=O) groups is 3. The summed E-state index contributed by atoms with van der Waals surface area (Å²) in [7, 11) is 0. The molecule has 0 radical (unpaired) electrons. The highest BCUT2D eigenvalue weighted by Crippen LogP contribution is 2.19. The van der Waals surface area contributed by atoms with Crippen LogP contribution < -0.4 is 0 Å². The SMILES string of the molecule is CCCCCCCCCCCCCCCCCCCC(=O)OC[C@@H](COC(=O)CCCCCCCCCCCCCCCCCCC(C)C)OC(=O)CCCCCCCCCCCCCCC(C)C. The summed E-state index contributed by atoms with van der Waals surface area (Å²) in [6, 6.07) is 0. The van der Waals surface area contributed by atoms with E-state index < -0.39 is 6.10 Å². The fourth-order valence-electron chi connectivity index (χ4n) is 9.76. The van der Waals surface area contributed by atoms with Gasteiger partial charge in [-0.2, -0.15) is 0 Å². The standard InChI is InChI=1S/C63H122O6/c1-6-7-8-9-10-11-12-13-14-15-19-22-28-33-38-43-48-53-61(64)67-56-60(69-63(66)55-50-45-40-35-30-25-24-27-32-37-42-47-52-59(4)5)57-68-62(65)54-49-44-39-34-29-23-20-17-16-18-21-26-31-36-41-46-51-58(2)3/h58-60H,6-57H2,1-5H3/t60-/m0/s1. The van der Waals surface area contributed by atoms with Crippen LogP contribution in [0, 0.1) is 11.8 Å². The minimum atomic E-state index is -0.763. The zero-order valence-electron chi connectivity index (χ0n) is 47.5. The number of hydrogen-bond acceptors (Lipinski definition) is 6. The Morgan fingerprint density at radius 2 is 0.478 bits per heavy atom. The average Bonchev–Trinajstić information content (AvgIpc) is 3.32. The van der Waals surface area contributed by atoms with Crippen LogP contribution in [0.1, 0.15) is 356 Å². The molecule has 0 aromatic carbocycles. The van der Waals surface area contributed by atoms with Crippen molar-refractivity contribution >= 4 is 17.9 Å². The number of carbonyl (C=O) groups excluding carboxylic acids is 3. The van der Waals surface area contributed by atoms with Crippen LogP contribution in [0.3, 0.4) is 0 Å². The summed E-state index contributed by atoms with van der Waals surface area (Å²) >= 11 is 0. The van der Waals surface area contributed by atoms with Crippen LogP contribution in [0.4, 0.5) is 0 Å². The molecule has 410 valence electrons.